The van der Waals surface area contributed by atoms with Crippen LogP contribution in [0.3, 0.4) is 0 Å². The number of imidazole rings is 1. The number of ether oxygens (including phenoxy) is 1. The summed E-state index contributed by atoms with van der Waals surface area (Å²) in [5.41, 5.74) is 4.59. The Morgan fingerprint density at radius 3 is 2.71 bits per heavy atom. The number of aromatic nitrogens is 4. The molecule has 0 aliphatic heterocycles. The number of aryl methyl sites for hydroxylation is 1. The van der Waals surface area contributed by atoms with E-state index in [2.05, 4.69) is 15.1 Å². The third kappa shape index (κ3) is 2.18. The lowest BCUT2D eigenvalue weighted by molar-refractivity contribution is 0.0600. The highest BCUT2D eigenvalue weighted by molar-refractivity contribution is 5.89. The van der Waals surface area contributed by atoms with Crippen molar-refractivity contribution < 1.29 is 13.9 Å². The highest BCUT2D eigenvalue weighted by Crippen LogP contribution is 2.25. The molecule has 0 bridgehead atoms. The fraction of sp³-hybridized carbons (Fsp3) is 0.118. The Kier molecular flexibility index (Phi) is 3.19. The lowest BCUT2D eigenvalue weighted by atomic mass is 10.2. The number of rotatable bonds is 3. The number of carbonyl (C=O) groups is 1. The standard InChI is InChI=1S/C17H14N4O3/c1-10-14-16(19-15(18-14)12-7-8-24-9-12)21(20-10)13-5-3-11(4-6-13)17(22)23-2/h3-9H,1-2H3,(H,18,19). The first kappa shape index (κ1) is 14.3. The molecule has 0 aliphatic carbocycles. The molecule has 0 saturated carbocycles. The fourth-order valence-electron chi connectivity index (χ4n) is 2.59. The maximum atomic E-state index is 11.5. The fourth-order valence-corrected chi connectivity index (χ4v) is 2.59. The smallest absolute Gasteiger partial charge is 0.337 e. The van der Waals surface area contributed by atoms with Gasteiger partial charge >= 0.3 is 5.97 Å². The molecule has 3 aromatic heterocycles. The summed E-state index contributed by atoms with van der Waals surface area (Å²) in [6, 6.07) is 8.87. The van der Waals surface area contributed by atoms with E-state index < -0.39 is 0 Å². The van der Waals surface area contributed by atoms with Gasteiger partial charge in [0.15, 0.2) is 5.65 Å². The Labute approximate surface area is 136 Å². The summed E-state index contributed by atoms with van der Waals surface area (Å²) in [7, 11) is 1.36. The van der Waals surface area contributed by atoms with Crippen molar-refractivity contribution in [3.8, 4) is 17.1 Å². The first-order valence-electron chi connectivity index (χ1n) is 7.34. The summed E-state index contributed by atoms with van der Waals surface area (Å²) < 4.78 is 11.6. The van der Waals surface area contributed by atoms with Gasteiger partial charge in [-0.25, -0.2) is 14.5 Å². The van der Waals surface area contributed by atoms with Gasteiger partial charge in [0.1, 0.15) is 17.6 Å². The summed E-state index contributed by atoms with van der Waals surface area (Å²) in [5, 5.41) is 4.52. The van der Waals surface area contributed by atoms with E-state index in [1.54, 1.807) is 29.3 Å². The Morgan fingerprint density at radius 2 is 2.04 bits per heavy atom. The molecule has 7 nitrogen and oxygen atoms in total. The normalized spacial score (nSPS) is 11.1. The second-order valence-corrected chi connectivity index (χ2v) is 5.33. The molecule has 1 N–H and O–H groups in total. The minimum Gasteiger partial charge on any atom is -0.472 e. The highest BCUT2D eigenvalue weighted by Gasteiger charge is 2.16. The molecule has 0 fully saturated rings. The van der Waals surface area contributed by atoms with Gasteiger partial charge in [0.25, 0.3) is 0 Å². The third-order valence-corrected chi connectivity index (χ3v) is 3.82. The van der Waals surface area contributed by atoms with E-state index in [1.165, 1.54) is 7.11 Å². The molecule has 4 rings (SSSR count). The average Bonchev–Trinajstić information content (AvgIpc) is 3.32. The molecular weight excluding hydrogens is 308 g/mol. The number of hydrogen-bond acceptors (Lipinski definition) is 5. The molecule has 0 atom stereocenters. The number of nitrogens with one attached hydrogen (secondary N) is 1. The summed E-state index contributed by atoms with van der Waals surface area (Å²) >= 11 is 0. The van der Waals surface area contributed by atoms with Gasteiger partial charge in [0, 0.05) is 0 Å². The summed E-state index contributed by atoms with van der Waals surface area (Å²) in [4.78, 5) is 19.4. The van der Waals surface area contributed by atoms with Crippen molar-refractivity contribution in [2.75, 3.05) is 7.11 Å². The van der Waals surface area contributed by atoms with Crippen molar-refractivity contribution in [1.29, 1.82) is 0 Å². The number of nitrogens with zero attached hydrogens (tertiary/aromatic N) is 3. The maximum absolute atomic E-state index is 11.5. The van der Waals surface area contributed by atoms with E-state index in [1.807, 2.05) is 25.1 Å². The SMILES string of the molecule is COC(=O)c1ccc(-n2nc(C)c3[nH]c(-c4ccoc4)nc32)cc1. The van der Waals surface area contributed by atoms with Crippen LogP contribution in [0.1, 0.15) is 16.1 Å². The molecule has 7 heteroatoms. The largest absolute Gasteiger partial charge is 0.472 e. The Bertz CT molecular complexity index is 1010. The quantitative estimate of drug-likeness (QED) is 0.586. The molecule has 0 amide bonds. The number of carbonyl (C=O) groups excluding carboxylic acids is 1. The number of hydrogen-bond donors (Lipinski definition) is 1. The van der Waals surface area contributed by atoms with Crippen molar-refractivity contribution in [3.05, 3.63) is 54.1 Å². The van der Waals surface area contributed by atoms with Crippen LogP contribution in [-0.2, 0) is 4.74 Å². The van der Waals surface area contributed by atoms with Crippen molar-refractivity contribution in [2.45, 2.75) is 6.92 Å². The van der Waals surface area contributed by atoms with Crippen LogP contribution < -0.4 is 0 Å². The van der Waals surface area contributed by atoms with Crippen molar-refractivity contribution in [2.24, 2.45) is 0 Å². The molecule has 4 aromatic rings. The molecule has 0 unspecified atom stereocenters. The monoisotopic (exact) mass is 322 g/mol. The molecule has 1 aromatic carbocycles. The lowest BCUT2D eigenvalue weighted by Gasteiger charge is -2.03. The Balaban J connectivity index is 1.80. The highest BCUT2D eigenvalue weighted by atomic mass is 16.5. The van der Waals surface area contributed by atoms with E-state index in [-0.39, 0.29) is 5.97 Å². The van der Waals surface area contributed by atoms with Gasteiger partial charge in [-0.05, 0) is 37.3 Å². The van der Waals surface area contributed by atoms with Gasteiger partial charge in [-0.1, -0.05) is 0 Å². The zero-order chi connectivity index (χ0) is 16.7. The van der Waals surface area contributed by atoms with Gasteiger partial charge in [-0.3, -0.25) is 0 Å². The van der Waals surface area contributed by atoms with Crippen molar-refractivity contribution in [1.82, 2.24) is 19.7 Å². The van der Waals surface area contributed by atoms with Crippen LogP contribution in [0.2, 0.25) is 0 Å². The Hall–Kier alpha value is -3.35. The van der Waals surface area contributed by atoms with Gasteiger partial charge in [0.2, 0.25) is 0 Å². The predicted octanol–water partition coefficient (Wildman–Crippen LogP) is 3.10. The third-order valence-electron chi connectivity index (χ3n) is 3.82. The van der Waals surface area contributed by atoms with E-state index >= 15 is 0 Å². The zero-order valence-electron chi connectivity index (χ0n) is 13.1. The van der Waals surface area contributed by atoms with E-state index in [0.29, 0.717) is 5.56 Å². The number of benzene rings is 1. The van der Waals surface area contributed by atoms with Gasteiger partial charge in [-0.15, -0.1) is 0 Å². The number of H-pyrrole nitrogens is 1. The summed E-state index contributed by atoms with van der Waals surface area (Å²) in [6.07, 6.45) is 3.24. The van der Waals surface area contributed by atoms with Crippen LogP contribution in [0.25, 0.3) is 28.2 Å². The number of methoxy groups -OCH3 is 1. The molecule has 120 valence electrons. The molecule has 24 heavy (non-hydrogen) atoms. The zero-order valence-corrected chi connectivity index (χ0v) is 13.1. The van der Waals surface area contributed by atoms with Gasteiger partial charge in [0.05, 0.1) is 35.9 Å². The molecule has 0 spiro atoms. The molecule has 0 saturated heterocycles. The minimum absolute atomic E-state index is 0.370. The van der Waals surface area contributed by atoms with Crippen LogP contribution in [0, 0.1) is 6.92 Å². The first-order chi connectivity index (χ1) is 11.7. The summed E-state index contributed by atoms with van der Waals surface area (Å²) in [6.45, 7) is 1.92. The molecule has 0 radical (unpaired) electrons. The second kappa shape index (κ2) is 5.38. The van der Waals surface area contributed by atoms with E-state index in [9.17, 15) is 4.79 Å². The van der Waals surface area contributed by atoms with E-state index in [0.717, 1.165) is 33.9 Å². The number of aromatic amines is 1. The van der Waals surface area contributed by atoms with Crippen LogP contribution in [0.15, 0.2) is 47.3 Å². The topological polar surface area (TPSA) is 85.9 Å². The van der Waals surface area contributed by atoms with Crippen LogP contribution >= 0.6 is 0 Å². The maximum Gasteiger partial charge on any atom is 0.337 e. The van der Waals surface area contributed by atoms with Crippen LogP contribution in [0.4, 0.5) is 0 Å². The van der Waals surface area contributed by atoms with E-state index in [4.69, 9.17) is 9.15 Å². The lowest BCUT2D eigenvalue weighted by Crippen LogP contribution is -2.02. The van der Waals surface area contributed by atoms with Gasteiger partial charge in [-0.2, -0.15) is 5.10 Å². The Morgan fingerprint density at radius 1 is 1.25 bits per heavy atom. The first-order valence-corrected chi connectivity index (χ1v) is 7.34. The predicted molar refractivity (Wildman–Crippen MR) is 87.0 cm³/mol. The summed E-state index contributed by atoms with van der Waals surface area (Å²) in [5.74, 6) is 0.351. The van der Waals surface area contributed by atoms with Crippen LogP contribution in [0.5, 0.6) is 0 Å². The van der Waals surface area contributed by atoms with Crippen molar-refractivity contribution in [3.63, 3.8) is 0 Å². The number of esters is 1. The molecule has 0 aliphatic rings. The second-order valence-electron chi connectivity index (χ2n) is 5.33. The van der Waals surface area contributed by atoms with Gasteiger partial charge < -0.3 is 14.1 Å². The number of furan rings is 1. The molecule has 3 heterocycles. The van der Waals surface area contributed by atoms with Crippen LogP contribution in [-0.4, -0.2) is 32.8 Å². The molecular formula is C17H14N4O3. The minimum atomic E-state index is -0.370. The van der Waals surface area contributed by atoms with Crippen molar-refractivity contribution >= 4 is 17.1 Å². The number of fused-ring (bicyclic) bond motifs is 1. The average molecular weight is 322 g/mol.